The molecule has 0 aliphatic carbocycles. The topological polar surface area (TPSA) is 54.4 Å². The molecule has 0 saturated carbocycles. The van der Waals surface area contributed by atoms with E-state index in [1.165, 1.54) is 11.6 Å². The Morgan fingerprint density at radius 2 is 1.83 bits per heavy atom. The van der Waals surface area contributed by atoms with Crippen LogP contribution in [-0.4, -0.2) is 13.0 Å². The molecular formula is C14H16O3S. The Hall–Kier alpha value is -1.39. The maximum atomic E-state index is 11.4. The molecule has 2 aromatic carbocycles. The summed E-state index contributed by atoms with van der Waals surface area (Å²) in [5, 5.41) is 1.50. The van der Waals surface area contributed by atoms with Gasteiger partial charge in [0.2, 0.25) is 0 Å². The van der Waals surface area contributed by atoms with E-state index in [4.69, 9.17) is 0 Å². The average molecular weight is 264 g/mol. The van der Waals surface area contributed by atoms with Crippen molar-refractivity contribution in [2.45, 2.75) is 31.6 Å². The second-order valence-corrected chi connectivity index (χ2v) is 5.68. The Labute approximate surface area is 107 Å². The molecule has 0 fully saturated rings. The first-order valence-electron chi connectivity index (χ1n) is 5.99. The van der Waals surface area contributed by atoms with E-state index >= 15 is 0 Å². The van der Waals surface area contributed by atoms with Crippen LogP contribution in [0.25, 0.3) is 10.8 Å². The monoisotopic (exact) mass is 264 g/mol. The van der Waals surface area contributed by atoms with Gasteiger partial charge in [0.05, 0.1) is 0 Å². The third-order valence-corrected chi connectivity index (χ3v) is 4.04. The predicted octanol–water partition coefficient (Wildman–Crippen LogP) is 3.21. The highest BCUT2D eigenvalue weighted by molar-refractivity contribution is 7.86. The largest absolute Gasteiger partial charge is 0.295 e. The molecule has 0 aliphatic heterocycles. The molecule has 0 saturated heterocycles. The summed E-state index contributed by atoms with van der Waals surface area (Å²) in [5.41, 5.74) is 2.13. The van der Waals surface area contributed by atoms with Crippen LogP contribution in [0.1, 0.15) is 25.0 Å². The first-order chi connectivity index (χ1) is 8.47. The van der Waals surface area contributed by atoms with Gasteiger partial charge in [-0.2, -0.15) is 8.42 Å². The summed E-state index contributed by atoms with van der Waals surface area (Å²) in [6.45, 7) is 4.04. The highest BCUT2D eigenvalue weighted by Gasteiger charge is 2.16. The third kappa shape index (κ3) is 2.26. The van der Waals surface area contributed by atoms with Crippen molar-refractivity contribution in [1.82, 2.24) is 0 Å². The van der Waals surface area contributed by atoms with Crippen molar-refractivity contribution < 1.29 is 13.0 Å². The predicted molar refractivity (Wildman–Crippen MR) is 72.5 cm³/mol. The molecule has 0 unspecified atom stereocenters. The summed E-state index contributed by atoms with van der Waals surface area (Å²) in [6, 6.07) is 8.97. The number of rotatable bonds is 3. The van der Waals surface area contributed by atoms with Gasteiger partial charge < -0.3 is 0 Å². The smallest absolute Gasteiger partial charge is 0.282 e. The lowest BCUT2D eigenvalue weighted by atomic mass is 9.98. The normalized spacial score (nSPS) is 11.9. The first-order valence-corrected chi connectivity index (χ1v) is 7.43. The Morgan fingerprint density at radius 1 is 1.11 bits per heavy atom. The van der Waals surface area contributed by atoms with Crippen LogP contribution in [0.5, 0.6) is 0 Å². The number of hydrogen-bond acceptors (Lipinski definition) is 2. The van der Waals surface area contributed by atoms with Crippen molar-refractivity contribution in [3.63, 3.8) is 0 Å². The van der Waals surface area contributed by atoms with E-state index in [9.17, 15) is 13.0 Å². The lowest BCUT2D eigenvalue weighted by molar-refractivity contribution is 0.484. The number of fused-ring (bicyclic) bond motifs is 1. The van der Waals surface area contributed by atoms with E-state index in [1.807, 2.05) is 25.1 Å². The Bertz CT molecular complexity index is 687. The van der Waals surface area contributed by atoms with Crippen LogP contribution in [0.15, 0.2) is 35.2 Å². The fraction of sp³-hybridized carbons (Fsp3) is 0.286. The van der Waals surface area contributed by atoms with Crippen LogP contribution < -0.4 is 0 Å². The van der Waals surface area contributed by atoms with Gasteiger partial charge in [0.25, 0.3) is 10.1 Å². The van der Waals surface area contributed by atoms with Gasteiger partial charge in [-0.15, -0.1) is 0 Å². The second-order valence-electron chi connectivity index (χ2n) is 4.29. The van der Waals surface area contributed by atoms with Gasteiger partial charge in [-0.25, -0.2) is 0 Å². The minimum atomic E-state index is -4.18. The van der Waals surface area contributed by atoms with E-state index in [0.717, 1.165) is 23.8 Å². The first kappa shape index (κ1) is 13.1. The van der Waals surface area contributed by atoms with E-state index in [1.54, 1.807) is 6.07 Å². The third-order valence-electron chi connectivity index (χ3n) is 3.15. The van der Waals surface area contributed by atoms with Crippen LogP contribution in [0.2, 0.25) is 0 Å². The molecule has 0 aliphatic rings. The van der Waals surface area contributed by atoms with Crippen molar-refractivity contribution in [3.05, 3.63) is 41.5 Å². The quantitative estimate of drug-likeness (QED) is 0.866. The Morgan fingerprint density at radius 3 is 2.39 bits per heavy atom. The molecule has 2 aromatic rings. The summed E-state index contributed by atoms with van der Waals surface area (Å²) in [4.78, 5) is -0.000460. The molecule has 18 heavy (non-hydrogen) atoms. The Kier molecular flexibility index (Phi) is 3.41. The summed E-state index contributed by atoms with van der Waals surface area (Å²) >= 11 is 0. The molecule has 96 valence electrons. The van der Waals surface area contributed by atoms with Crippen molar-refractivity contribution in [1.29, 1.82) is 0 Å². The summed E-state index contributed by atoms with van der Waals surface area (Å²) in [6.07, 6.45) is 1.63. The molecule has 0 atom stereocenters. The molecule has 2 rings (SSSR count). The lowest BCUT2D eigenvalue weighted by Gasteiger charge is -2.11. The number of hydrogen-bond donors (Lipinski definition) is 1. The number of benzene rings is 2. The van der Waals surface area contributed by atoms with Crippen molar-refractivity contribution >= 4 is 20.9 Å². The molecule has 0 aromatic heterocycles. The molecule has 4 heteroatoms. The van der Waals surface area contributed by atoms with Gasteiger partial charge in [0, 0.05) is 5.39 Å². The molecule has 1 N–H and O–H groups in total. The minimum absolute atomic E-state index is 0.000460. The van der Waals surface area contributed by atoms with Crippen LogP contribution in [0, 0.1) is 0 Å². The molecule has 0 heterocycles. The summed E-state index contributed by atoms with van der Waals surface area (Å²) in [5.74, 6) is 0. The van der Waals surface area contributed by atoms with Crippen molar-refractivity contribution in [2.75, 3.05) is 0 Å². The summed E-state index contributed by atoms with van der Waals surface area (Å²) < 4.78 is 32.2. The highest BCUT2D eigenvalue weighted by atomic mass is 32.2. The van der Waals surface area contributed by atoms with Crippen LogP contribution in [0.3, 0.4) is 0 Å². The standard InChI is InChI=1S/C14H16O3S/c1-3-10-8-11(4-2)14-12(9-10)6-5-7-13(14)18(15,16)17/h5-9H,3-4H2,1-2H3,(H,15,16,17). The van der Waals surface area contributed by atoms with Gasteiger partial charge in [-0.05, 0) is 35.4 Å². The zero-order chi connectivity index (χ0) is 13.3. The molecule has 0 bridgehead atoms. The molecule has 3 nitrogen and oxygen atoms in total. The number of aryl methyl sites for hydroxylation is 2. The molecule has 0 amide bonds. The van der Waals surface area contributed by atoms with Gasteiger partial charge >= 0.3 is 0 Å². The fourth-order valence-electron chi connectivity index (χ4n) is 2.25. The molecule has 0 radical (unpaired) electrons. The second kappa shape index (κ2) is 4.71. The summed E-state index contributed by atoms with van der Waals surface area (Å²) in [7, 11) is -4.18. The van der Waals surface area contributed by atoms with E-state index in [-0.39, 0.29) is 4.90 Å². The Balaban J connectivity index is 2.92. The van der Waals surface area contributed by atoms with Gasteiger partial charge in [0.1, 0.15) is 4.90 Å². The highest BCUT2D eigenvalue weighted by Crippen LogP contribution is 2.28. The maximum absolute atomic E-state index is 11.4. The van der Waals surface area contributed by atoms with E-state index in [2.05, 4.69) is 6.92 Å². The van der Waals surface area contributed by atoms with Crippen LogP contribution in [0.4, 0.5) is 0 Å². The van der Waals surface area contributed by atoms with Crippen molar-refractivity contribution in [3.8, 4) is 0 Å². The van der Waals surface area contributed by atoms with Gasteiger partial charge in [0.15, 0.2) is 0 Å². The zero-order valence-electron chi connectivity index (χ0n) is 10.5. The van der Waals surface area contributed by atoms with E-state index in [0.29, 0.717) is 5.39 Å². The maximum Gasteiger partial charge on any atom is 0.295 e. The van der Waals surface area contributed by atoms with Crippen LogP contribution in [-0.2, 0) is 23.0 Å². The SMILES string of the molecule is CCc1cc(CC)c2c(S(=O)(=O)O)cccc2c1. The van der Waals surface area contributed by atoms with Gasteiger partial charge in [-0.1, -0.05) is 38.1 Å². The molecule has 0 spiro atoms. The van der Waals surface area contributed by atoms with Crippen LogP contribution >= 0.6 is 0 Å². The average Bonchev–Trinajstić information content (AvgIpc) is 2.35. The van der Waals surface area contributed by atoms with E-state index < -0.39 is 10.1 Å². The zero-order valence-corrected chi connectivity index (χ0v) is 11.3. The van der Waals surface area contributed by atoms with Gasteiger partial charge in [-0.3, -0.25) is 4.55 Å². The minimum Gasteiger partial charge on any atom is -0.282 e. The molecular weight excluding hydrogens is 248 g/mol. The van der Waals surface area contributed by atoms with Crippen molar-refractivity contribution in [2.24, 2.45) is 0 Å². The fourth-order valence-corrected chi connectivity index (χ4v) is 3.00. The lowest BCUT2D eigenvalue weighted by Crippen LogP contribution is -2.01.